The number of fused-ring (bicyclic) bond motifs is 1. The zero-order valence-electron chi connectivity index (χ0n) is 10.9. The fourth-order valence-electron chi connectivity index (χ4n) is 2.36. The molecule has 2 unspecified atom stereocenters. The third kappa shape index (κ3) is 3.46. The van der Waals surface area contributed by atoms with Gasteiger partial charge in [0, 0.05) is 29.0 Å². The molecule has 0 aromatic heterocycles. The zero-order valence-corrected chi connectivity index (χ0v) is 12.5. The van der Waals surface area contributed by atoms with Crippen molar-refractivity contribution in [2.45, 2.75) is 45.4 Å². The minimum atomic E-state index is -0.267. The molecule has 3 nitrogen and oxygen atoms in total. The molecule has 0 spiro atoms. The van der Waals surface area contributed by atoms with Crippen LogP contribution in [0.25, 0.3) is 0 Å². The summed E-state index contributed by atoms with van der Waals surface area (Å²) in [5, 5.41) is 12.8. The molecule has 18 heavy (non-hydrogen) atoms. The van der Waals surface area contributed by atoms with Gasteiger partial charge in [0.15, 0.2) is 0 Å². The molecule has 4 heteroatoms. The summed E-state index contributed by atoms with van der Waals surface area (Å²) in [6.07, 6.45) is 1.49. The highest BCUT2D eigenvalue weighted by Crippen LogP contribution is 2.32. The number of benzene rings is 1. The first-order valence-corrected chi connectivity index (χ1v) is 7.21. The lowest BCUT2D eigenvalue weighted by Crippen LogP contribution is -2.28. The lowest BCUT2D eigenvalue weighted by Gasteiger charge is -2.17. The van der Waals surface area contributed by atoms with Crippen molar-refractivity contribution >= 4 is 15.9 Å². The van der Waals surface area contributed by atoms with Gasteiger partial charge in [0.05, 0.1) is 12.7 Å². The van der Waals surface area contributed by atoms with Crippen LogP contribution in [-0.4, -0.2) is 23.9 Å². The predicted octanol–water partition coefficient (Wildman–Crippen LogP) is 2.63. The number of hydrogen-bond acceptors (Lipinski definition) is 3. The fourth-order valence-corrected chi connectivity index (χ4v) is 2.91. The molecular weight excluding hydrogens is 294 g/mol. The van der Waals surface area contributed by atoms with Crippen LogP contribution in [0.15, 0.2) is 16.6 Å². The van der Waals surface area contributed by atoms with E-state index in [0.717, 1.165) is 36.2 Å². The van der Waals surface area contributed by atoms with Gasteiger partial charge in [0.1, 0.15) is 5.75 Å². The topological polar surface area (TPSA) is 41.5 Å². The number of halogens is 1. The van der Waals surface area contributed by atoms with Gasteiger partial charge in [0.2, 0.25) is 0 Å². The van der Waals surface area contributed by atoms with E-state index in [2.05, 4.69) is 40.3 Å². The Hall–Kier alpha value is -0.580. The lowest BCUT2D eigenvalue weighted by molar-refractivity contribution is 0.170. The van der Waals surface area contributed by atoms with Gasteiger partial charge in [-0.1, -0.05) is 15.9 Å². The Bertz CT molecular complexity index is 421. The maximum atomic E-state index is 9.35. The Morgan fingerprint density at radius 2 is 2.22 bits per heavy atom. The van der Waals surface area contributed by atoms with Crippen LogP contribution in [0.4, 0.5) is 0 Å². The van der Waals surface area contributed by atoms with Gasteiger partial charge in [-0.25, -0.2) is 0 Å². The quantitative estimate of drug-likeness (QED) is 0.878. The van der Waals surface area contributed by atoms with Gasteiger partial charge in [0.25, 0.3) is 0 Å². The van der Waals surface area contributed by atoms with Crippen molar-refractivity contribution in [2.24, 2.45) is 0 Å². The molecule has 100 valence electrons. The predicted molar refractivity (Wildman–Crippen MR) is 75.9 cm³/mol. The van der Waals surface area contributed by atoms with E-state index in [1.165, 1.54) is 11.1 Å². The molecule has 0 radical (unpaired) electrons. The summed E-state index contributed by atoms with van der Waals surface area (Å²) < 4.78 is 6.79. The molecule has 1 aliphatic heterocycles. The first kappa shape index (κ1) is 13.8. The minimum absolute atomic E-state index is 0.267. The van der Waals surface area contributed by atoms with E-state index in [9.17, 15) is 5.11 Å². The van der Waals surface area contributed by atoms with E-state index in [-0.39, 0.29) is 6.10 Å². The molecule has 0 saturated carbocycles. The van der Waals surface area contributed by atoms with Crippen molar-refractivity contribution in [3.05, 3.63) is 27.7 Å². The van der Waals surface area contributed by atoms with Crippen molar-refractivity contribution in [1.82, 2.24) is 5.32 Å². The van der Waals surface area contributed by atoms with Crippen molar-refractivity contribution in [3.63, 3.8) is 0 Å². The summed E-state index contributed by atoms with van der Waals surface area (Å²) in [6.45, 7) is 5.46. The van der Waals surface area contributed by atoms with Crippen LogP contribution in [0.2, 0.25) is 0 Å². The fraction of sp³-hybridized carbons (Fsp3) is 0.571. The van der Waals surface area contributed by atoms with Crippen LogP contribution in [0, 0.1) is 0 Å². The number of aliphatic hydroxyl groups is 1. The van der Waals surface area contributed by atoms with E-state index in [4.69, 9.17) is 4.74 Å². The normalized spacial score (nSPS) is 17.1. The van der Waals surface area contributed by atoms with Crippen LogP contribution in [0.1, 0.15) is 31.4 Å². The standard InChI is InChI=1S/C14H20BrNO2/c1-9(5-10(2)17)16-8-12-7-13(15)6-11-3-4-18-14(11)12/h6-7,9-10,16-17H,3-5,8H2,1-2H3. The van der Waals surface area contributed by atoms with Crippen LogP contribution in [0.3, 0.4) is 0 Å². The van der Waals surface area contributed by atoms with E-state index in [0.29, 0.717) is 6.04 Å². The largest absolute Gasteiger partial charge is 0.493 e. The molecule has 1 aliphatic rings. The minimum Gasteiger partial charge on any atom is -0.493 e. The van der Waals surface area contributed by atoms with Crippen molar-refractivity contribution < 1.29 is 9.84 Å². The van der Waals surface area contributed by atoms with Crippen LogP contribution >= 0.6 is 15.9 Å². The number of aliphatic hydroxyl groups excluding tert-OH is 1. The molecule has 1 aromatic rings. The first-order chi connectivity index (χ1) is 8.56. The Kier molecular flexibility index (Phi) is 4.65. The number of nitrogens with one attached hydrogen (secondary N) is 1. The van der Waals surface area contributed by atoms with Crippen molar-refractivity contribution in [2.75, 3.05) is 6.61 Å². The van der Waals surface area contributed by atoms with E-state index < -0.39 is 0 Å². The lowest BCUT2D eigenvalue weighted by atomic mass is 10.1. The number of hydrogen-bond donors (Lipinski definition) is 2. The molecule has 1 heterocycles. The molecule has 2 rings (SSSR count). The highest BCUT2D eigenvalue weighted by Gasteiger charge is 2.17. The second-order valence-electron chi connectivity index (χ2n) is 5.02. The second-order valence-corrected chi connectivity index (χ2v) is 5.93. The Morgan fingerprint density at radius 1 is 1.44 bits per heavy atom. The van der Waals surface area contributed by atoms with Crippen LogP contribution < -0.4 is 10.1 Å². The van der Waals surface area contributed by atoms with Gasteiger partial charge in [-0.2, -0.15) is 0 Å². The Morgan fingerprint density at radius 3 is 2.94 bits per heavy atom. The molecule has 2 atom stereocenters. The van der Waals surface area contributed by atoms with Gasteiger partial charge in [-0.15, -0.1) is 0 Å². The first-order valence-electron chi connectivity index (χ1n) is 6.42. The molecule has 0 bridgehead atoms. The summed E-state index contributed by atoms with van der Waals surface area (Å²) in [7, 11) is 0. The summed E-state index contributed by atoms with van der Waals surface area (Å²) in [4.78, 5) is 0. The van der Waals surface area contributed by atoms with Crippen LogP contribution in [0.5, 0.6) is 5.75 Å². The van der Waals surface area contributed by atoms with Gasteiger partial charge < -0.3 is 15.2 Å². The summed E-state index contributed by atoms with van der Waals surface area (Å²) in [6, 6.07) is 4.53. The third-order valence-electron chi connectivity index (χ3n) is 3.16. The smallest absolute Gasteiger partial charge is 0.127 e. The molecule has 2 N–H and O–H groups in total. The van der Waals surface area contributed by atoms with Crippen LogP contribution in [-0.2, 0) is 13.0 Å². The molecule has 1 aromatic carbocycles. The number of rotatable bonds is 5. The van der Waals surface area contributed by atoms with E-state index >= 15 is 0 Å². The van der Waals surface area contributed by atoms with Gasteiger partial charge in [-0.3, -0.25) is 0 Å². The van der Waals surface area contributed by atoms with Gasteiger partial charge in [-0.05, 0) is 38.0 Å². The van der Waals surface area contributed by atoms with Gasteiger partial charge >= 0.3 is 0 Å². The summed E-state index contributed by atoms with van der Waals surface area (Å²) in [5.74, 6) is 1.04. The molecule has 0 aliphatic carbocycles. The summed E-state index contributed by atoms with van der Waals surface area (Å²) in [5.41, 5.74) is 2.47. The monoisotopic (exact) mass is 313 g/mol. The zero-order chi connectivity index (χ0) is 13.1. The third-order valence-corrected chi connectivity index (χ3v) is 3.62. The average molecular weight is 314 g/mol. The molecule has 0 amide bonds. The summed E-state index contributed by atoms with van der Waals surface area (Å²) >= 11 is 3.54. The SMILES string of the molecule is CC(O)CC(C)NCc1cc(Br)cc2c1OCC2. The highest BCUT2D eigenvalue weighted by molar-refractivity contribution is 9.10. The number of ether oxygens (including phenoxy) is 1. The Balaban J connectivity index is 2.01. The molecule has 0 saturated heterocycles. The maximum Gasteiger partial charge on any atom is 0.127 e. The Labute approximate surface area is 117 Å². The second kappa shape index (κ2) is 6.04. The molecular formula is C14H20BrNO2. The molecule has 0 fully saturated rings. The van der Waals surface area contributed by atoms with E-state index in [1.54, 1.807) is 0 Å². The average Bonchev–Trinajstić information content (AvgIpc) is 2.72. The van der Waals surface area contributed by atoms with E-state index in [1.807, 2.05) is 6.92 Å². The van der Waals surface area contributed by atoms with Crippen molar-refractivity contribution in [3.8, 4) is 5.75 Å². The van der Waals surface area contributed by atoms with Crippen molar-refractivity contribution in [1.29, 1.82) is 0 Å². The maximum absolute atomic E-state index is 9.35. The highest BCUT2D eigenvalue weighted by atomic mass is 79.9.